The number of carbonyl (C=O) groups excluding carboxylic acids is 2. The number of para-hydroxylation sites is 1. The first-order chi connectivity index (χ1) is 12.1. The predicted molar refractivity (Wildman–Crippen MR) is 98.7 cm³/mol. The highest BCUT2D eigenvalue weighted by atomic mass is 32.2. The topological polar surface area (TPSA) is 58.4 Å². The third-order valence-electron chi connectivity index (χ3n) is 4.31. The molecule has 0 bridgehead atoms. The molecule has 1 saturated heterocycles. The largest absolute Gasteiger partial charge is 0.275 e. The molecule has 1 fully saturated rings. The second-order valence-electron chi connectivity index (χ2n) is 5.93. The molecular weight excluding hydrogens is 336 g/mol. The SMILES string of the molecule is CSCCC(=O)N1CCCN1C(=O)c1cnn(-c2ccccc2)c1C. The number of carbonyl (C=O) groups is 2. The highest BCUT2D eigenvalue weighted by molar-refractivity contribution is 7.98. The molecule has 132 valence electrons. The first-order valence-corrected chi connectivity index (χ1v) is 9.74. The lowest BCUT2D eigenvalue weighted by Gasteiger charge is -2.27. The van der Waals surface area contributed by atoms with Crippen LogP contribution in [0, 0.1) is 6.92 Å². The highest BCUT2D eigenvalue weighted by Crippen LogP contribution is 2.20. The number of hydrogen-bond donors (Lipinski definition) is 0. The van der Waals surface area contributed by atoms with Gasteiger partial charge in [0.15, 0.2) is 0 Å². The van der Waals surface area contributed by atoms with Gasteiger partial charge in [-0.2, -0.15) is 16.9 Å². The fraction of sp³-hybridized carbons (Fsp3) is 0.389. The van der Waals surface area contributed by atoms with Gasteiger partial charge >= 0.3 is 0 Å². The zero-order chi connectivity index (χ0) is 17.8. The Bertz CT molecular complexity index is 760. The summed E-state index contributed by atoms with van der Waals surface area (Å²) < 4.78 is 1.75. The Morgan fingerprint density at radius 1 is 1.16 bits per heavy atom. The predicted octanol–water partition coefficient (Wildman–Crippen LogP) is 2.52. The lowest BCUT2D eigenvalue weighted by atomic mass is 10.2. The van der Waals surface area contributed by atoms with Gasteiger partial charge in [-0.3, -0.25) is 14.6 Å². The van der Waals surface area contributed by atoms with Gasteiger partial charge in [-0.25, -0.2) is 9.69 Å². The first kappa shape index (κ1) is 17.5. The Balaban J connectivity index is 1.81. The fourth-order valence-electron chi connectivity index (χ4n) is 2.99. The minimum Gasteiger partial charge on any atom is -0.273 e. The maximum Gasteiger partial charge on any atom is 0.275 e. The van der Waals surface area contributed by atoms with Crippen molar-refractivity contribution in [2.24, 2.45) is 0 Å². The summed E-state index contributed by atoms with van der Waals surface area (Å²) in [6, 6.07) is 9.70. The van der Waals surface area contributed by atoms with Crippen LogP contribution in [0.4, 0.5) is 0 Å². The Morgan fingerprint density at radius 3 is 2.60 bits per heavy atom. The number of nitrogens with zero attached hydrogens (tertiary/aromatic N) is 4. The molecule has 1 aliphatic heterocycles. The lowest BCUT2D eigenvalue weighted by Crippen LogP contribution is -2.45. The van der Waals surface area contributed by atoms with Crippen LogP contribution in [0.5, 0.6) is 0 Å². The molecule has 0 radical (unpaired) electrons. The standard InChI is InChI=1S/C18H22N4O2S/c1-14-16(13-19-22(14)15-7-4-3-5-8-15)18(24)21-11-6-10-20(21)17(23)9-12-25-2/h3-5,7-8,13H,6,9-12H2,1-2H3. The normalized spacial score (nSPS) is 14.2. The van der Waals surface area contributed by atoms with E-state index in [1.807, 2.05) is 43.5 Å². The van der Waals surface area contributed by atoms with Crippen LogP contribution in [0.15, 0.2) is 36.5 Å². The van der Waals surface area contributed by atoms with Crippen molar-refractivity contribution in [3.63, 3.8) is 0 Å². The van der Waals surface area contributed by atoms with Crippen LogP contribution in [0.25, 0.3) is 5.69 Å². The van der Waals surface area contributed by atoms with Crippen molar-refractivity contribution >= 4 is 23.6 Å². The van der Waals surface area contributed by atoms with Crippen molar-refractivity contribution < 1.29 is 9.59 Å². The monoisotopic (exact) mass is 358 g/mol. The average molecular weight is 358 g/mol. The van der Waals surface area contributed by atoms with Crippen LogP contribution < -0.4 is 0 Å². The number of hydrogen-bond acceptors (Lipinski definition) is 4. The minimum absolute atomic E-state index is 0.00769. The van der Waals surface area contributed by atoms with Gasteiger partial charge in [-0.15, -0.1) is 0 Å². The van der Waals surface area contributed by atoms with Gasteiger partial charge in [0.25, 0.3) is 5.91 Å². The summed E-state index contributed by atoms with van der Waals surface area (Å²) in [5.74, 6) is 0.616. The van der Waals surface area contributed by atoms with Crippen molar-refractivity contribution in [2.45, 2.75) is 19.8 Å². The number of hydrazine groups is 1. The molecule has 3 rings (SSSR count). The maximum absolute atomic E-state index is 13.0. The van der Waals surface area contributed by atoms with Crippen LogP contribution in [0.2, 0.25) is 0 Å². The smallest absolute Gasteiger partial charge is 0.273 e. The molecule has 1 aromatic carbocycles. The van der Waals surface area contributed by atoms with E-state index in [9.17, 15) is 9.59 Å². The van der Waals surface area contributed by atoms with Gasteiger partial charge in [0.05, 0.1) is 23.1 Å². The molecule has 0 N–H and O–H groups in total. The summed E-state index contributed by atoms with van der Waals surface area (Å²) in [6.45, 7) is 3.05. The molecule has 2 amide bonds. The Hall–Kier alpha value is -2.28. The van der Waals surface area contributed by atoms with E-state index in [1.54, 1.807) is 32.7 Å². The second kappa shape index (κ2) is 7.74. The van der Waals surface area contributed by atoms with Crippen LogP contribution in [-0.4, -0.2) is 56.7 Å². The molecule has 1 aliphatic rings. The van der Waals surface area contributed by atoms with Crippen LogP contribution >= 0.6 is 11.8 Å². The second-order valence-corrected chi connectivity index (χ2v) is 6.92. The Labute approximate surface area is 151 Å². The molecule has 7 heteroatoms. The van der Waals surface area contributed by atoms with E-state index in [-0.39, 0.29) is 11.8 Å². The molecular formula is C18H22N4O2S. The molecule has 0 spiro atoms. The number of thioether (sulfide) groups is 1. The number of rotatable bonds is 5. The summed E-state index contributed by atoms with van der Waals surface area (Å²) in [5, 5.41) is 7.53. The molecule has 0 atom stereocenters. The summed E-state index contributed by atoms with van der Waals surface area (Å²) in [6.07, 6.45) is 4.82. The van der Waals surface area contributed by atoms with Gasteiger partial charge < -0.3 is 0 Å². The lowest BCUT2D eigenvalue weighted by molar-refractivity contribution is -0.140. The van der Waals surface area contributed by atoms with Crippen molar-refractivity contribution in [1.82, 2.24) is 19.8 Å². The zero-order valence-electron chi connectivity index (χ0n) is 14.5. The molecule has 25 heavy (non-hydrogen) atoms. The Morgan fingerprint density at radius 2 is 1.88 bits per heavy atom. The van der Waals surface area contributed by atoms with Crippen molar-refractivity contribution in [3.8, 4) is 5.69 Å². The van der Waals surface area contributed by atoms with Crippen molar-refractivity contribution in [1.29, 1.82) is 0 Å². The first-order valence-electron chi connectivity index (χ1n) is 8.34. The summed E-state index contributed by atoms with van der Waals surface area (Å²) in [5.41, 5.74) is 2.22. The highest BCUT2D eigenvalue weighted by Gasteiger charge is 2.32. The molecule has 0 saturated carbocycles. The van der Waals surface area contributed by atoms with Gasteiger partial charge in [0, 0.05) is 25.3 Å². The molecule has 2 aromatic rings. The number of amides is 2. The minimum atomic E-state index is -0.158. The van der Waals surface area contributed by atoms with Gasteiger partial charge in [-0.05, 0) is 31.7 Å². The van der Waals surface area contributed by atoms with Crippen LogP contribution in [0.3, 0.4) is 0 Å². The van der Waals surface area contributed by atoms with Crippen LogP contribution in [-0.2, 0) is 4.79 Å². The van der Waals surface area contributed by atoms with Gasteiger partial charge in [0.2, 0.25) is 5.91 Å². The quantitative estimate of drug-likeness (QED) is 0.824. The van der Waals surface area contributed by atoms with Gasteiger partial charge in [-0.1, -0.05) is 18.2 Å². The van der Waals surface area contributed by atoms with E-state index >= 15 is 0 Å². The summed E-state index contributed by atoms with van der Waals surface area (Å²) in [7, 11) is 0. The average Bonchev–Trinajstić information content (AvgIpc) is 3.27. The van der Waals surface area contributed by atoms with Crippen molar-refractivity contribution in [3.05, 3.63) is 47.8 Å². The molecule has 1 aromatic heterocycles. The summed E-state index contributed by atoms with van der Waals surface area (Å²) >= 11 is 1.63. The number of benzene rings is 1. The van der Waals surface area contributed by atoms with E-state index < -0.39 is 0 Å². The molecule has 2 heterocycles. The van der Waals surface area contributed by atoms with E-state index in [0.717, 1.165) is 23.6 Å². The zero-order valence-corrected chi connectivity index (χ0v) is 15.3. The van der Waals surface area contributed by atoms with Crippen LogP contribution in [0.1, 0.15) is 28.9 Å². The number of aromatic nitrogens is 2. The van der Waals surface area contributed by atoms with Gasteiger partial charge in [0.1, 0.15) is 0 Å². The van der Waals surface area contributed by atoms with E-state index in [2.05, 4.69) is 5.10 Å². The third kappa shape index (κ3) is 3.56. The Kier molecular flexibility index (Phi) is 5.43. The molecule has 0 unspecified atom stereocenters. The van der Waals surface area contributed by atoms with E-state index in [0.29, 0.717) is 25.1 Å². The van der Waals surface area contributed by atoms with Crippen molar-refractivity contribution in [2.75, 3.05) is 25.1 Å². The molecule has 6 nitrogen and oxygen atoms in total. The van der Waals surface area contributed by atoms with E-state index in [4.69, 9.17) is 0 Å². The molecule has 0 aliphatic carbocycles. The summed E-state index contributed by atoms with van der Waals surface area (Å²) in [4.78, 5) is 25.3. The third-order valence-corrected chi connectivity index (χ3v) is 4.93. The maximum atomic E-state index is 13.0. The van der Waals surface area contributed by atoms with E-state index in [1.165, 1.54) is 0 Å². The fourth-order valence-corrected chi connectivity index (χ4v) is 3.37.